The van der Waals surface area contributed by atoms with Gasteiger partial charge in [0.25, 0.3) is 0 Å². The van der Waals surface area contributed by atoms with Gasteiger partial charge in [-0.2, -0.15) is 0 Å². The van der Waals surface area contributed by atoms with Crippen LogP contribution in [-0.2, 0) is 0 Å². The first-order valence-electron chi connectivity index (χ1n) is 3.31. The van der Waals surface area contributed by atoms with Crippen LogP contribution in [0.5, 0.6) is 0 Å². The van der Waals surface area contributed by atoms with E-state index < -0.39 is 0 Å². The lowest BCUT2D eigenvalue weighted by atomic mass is 10.2. The van der Waals surface area contributed by atoms with Crippen molar-refractivity contribution >= 4 is 63.7 Å². The highest BCUT2D eigenvalue weighted by Crippen LogP contribution is 2.37. The minimum Gasteiger partial charge on any atom is -0.270 e. The van der Waals surface area contributed by atoms with Gasteiger partial charge in [-0.15, -0.1) is 0 Å². The summed E-state index contributed by atoms with van der Waals surface area (Å²) in [6.07, 6.45) is 0. The molecule has 1 aromatic carbocycles. The molecule has 0 bridgehead atoms. The van der Waals surface area contributed by atoms with Crippen LogP contribution in [0.2, 0.25) is 0 Å². The third-order valence-electron chi connectivity index (χ3n) is 1.48. The first-order valence-corrected chi connectivity index (χ1v) is 6.61. The highest BCUT2D eigenvalue weighted by molar-refractivity contribution is 9.14. The highest BCUT2D eigenvalue weighted by atomic mass is 79.9. The van der Waals surface area contributed by atoms with Gasteiger partial charge in [0.1, 0.15) is 4.95 Å². The molecular weight excluding hydrogens is 432 g/mol. The zero-order valence-electron chi connectivity index (χ0n) is 6.32. The van der Waals surface area contributed by atoms with Gasteiger partial charge in [-0.05, 0) is 59.4 Å². The number of nitrogens with two attached hydrogens (primary N) is 1. The van der Waals surface area contributed by atoms with E-state index in [1.54, 1.807) is 0 Å². The van der Waals surface area contributed by atoms with Crippen molar-refractivity contribution < 1.29 is 0 Å². The zero-order valence-corrected chi connectivity index (χ0v) is 12.7. The summed E-state index contributed by atoms with van der Waals surface area (Å²) >= 11 is 13.7. The lowest BCUT2D eigenvalue weighted by Crippen LogP contribution is -2.23. The lowest BCUT2D eigenvalue weighted by molar-refractivity contribution is 0.730. The monoisotopic (exact) mass is 434 g/mol. The first-order chi connectivity index (χ1) is 6.07. The second-order valence-corrected chi connectivity index (χ2v) is 5.65. The first kappa shape index (κ1) is 12.1. The van der Waals surface area contributed by atoms with Gasteiger partial charge in [-0.1, -0.05) is 22.0 Å². The third-order valence-corrected chi connectivity index (χ3v) is 5.64. The highest BCUT2D eigenvalue weighted by Gasteiger charge is 2.12. The van der Waals surface area contributed by atoms with E-state index in [0.717, 1.165) is 19.0 Å². The molecule has 0 amide bonds. The number of nitrogens with one attached hydrogen (secondary N) is 1. The number of halogens is 4. The van der Waals surface area contributed by atoms with Crippen molar-refractivity contribution in [2.45, 2.75) is 4.95 Å². The SMILES string of the molecule is NNC(Br)c1ccc(Br)c(Br)c1Br. The van der Waals surface area contributed by atoms with Gasteiger partial charge in [0, 0.05) is 13.4 Å². The number of rotatable bonds is 2. The molecule has 1 atom stereocenters. The fraction of sp³-hybridized carbons (Fsp3) is 0.143. The van der Waals surface area contributed by atoms with Gasteiger partial charge < -0.3 is 0 Å². The Balaban J connectivity index is 3.18. The predicted molar refractivity (Wildman–Crippen MR) is 68.5 cm³/mol. The Hall–Kier alpha value is 1.06. The summed E-state index contributed by atoms with van der Waals surface area (Å²) in [4.78, 5) is -0.0636. The Labute approximate surface area is 110 Å². The van der Waals surface area contributed by atoms with Crippen LogP contribution < -0.4 is 11.3 Å². The van der Waals surface area contributed by atoms with Crippen LogP contribution in [-0.4, -0.2) is 0 Å². The van der Waals surface area contributed by atoms with Crippen LogP contribution in [0, 0.1) is 0 Å². The van der Waals surface area contributed by atoms with Crippen molar-refractivity contribution in [3.05, 3.63) is 31.1 Å². The largest absolute Gasteiger partial charge is 0.270 e. The lowest BCUT2D eigenvalue weighted by Gasteiger charge is -2.12. The topological polar surface area (TPSA) is 38.0 Å². The summed E-state index contributed by atoms with van der Waals surface area (Å²) in [6, 6.07) is 3.92. The molecule has 0 aliphatic carbocycles. The van der Waals surface area contributed by atoms with Gasteiger partial charge in [-0.25, -0.2) is 5.43 Å². The molecule has 1 unspecified atom stereocenters. The molecule has 3 N–H and O–H groups in total. The van der Waals surface area contributed by atoms with Crippen LogP contribution in [0.15, 0.2) is 25.6 Å². The van der Waals surface area contributed by atoms with Crippen LogP contribution in [0.25, 0.3) is 0 Å². The van der Waals surface area contributed by atoms with E-state index in [9.17, 15) is 0 Å². The van der Waals surface area contributed by atoms with E-state index in [1.807, 2.05) is 12.1 Å². The summed E-state index contributed by atoms with van der Waals surface area (Å²) in [5.74, 6) is 5.32. The van der Waals surface area contributed by atoms with Gasteiger partial charge in [-0.3, -0.25) is 5.84 Å². The van der Waals surface area contributed by atoms with E-state index in [0.29, 0.717) is 0 Å². The van der Waals surface area contributed by atoms with Crippen LogP contribution >= 0.6 is 63.7 Å². The van der Waals surface area contributed by atoms with E-state index >= 15 is 0 Å². The Morgan fingerprint density at radius 2 is 1.77 bits per heavy atom. The molecule has 0 fully saturated rings. The molecule has 13 heavy (non-hydrogen) atoms. The molecule has 0 spiro atoms. The molecule has 0 saturated heterocycles. The summed E-state index contributed by atoms with van der Waals surface area (Å²) in [5.41, 5.74) is 3.66. The van der Waals surface area contributed by atoms with Crippen molar-refractivity contribution in [3.63, 3.8) is 0 Å². The van der Waals surface area contributed by atoms with E-state index in [2.05, 4.69) is 69.1 Å². The van der Waals surface area contributed by atoms with Crippen LogP contribution in [0.3, 0.4) is 0 Å². The van der Waals surface area contributed by atoms with Crippen LogP contribution in [0.1, 0.15) is 10.5 Å². The molecule has 1 aromatic rings. The average molecular weight is 438 g/mol. The molecule has 1 rings (SSSR count). The van der Waals surface area contributed by atoms with Crippen molar-refractivity contribution in [1.29, 1.82) is 0 Å². The quantitative estimate of drug-likeness (QED) is 0.243. The molecule has 0 aromatic heterocycles. The summed E-state index contributed by atoms with van der Waals surface area (Å²) in [5, 5.41) is 0. The summed E-state index contributed by atoms with van der Waals surface area (Å²) in [7, 11) is 0. The molecule has 72 valence electrons. The predicted octanol–water partition coefficient (Wildman–Crippen LogP) is 3.83. The molecule has 0 heterocycles. The average Bonchev–Trinajstić information content (AvgIpc) is 2.13. The van der Waals surface area contributed by atoms with Crippen LogP contribution in [0.4, 0.5) is 0 Å². The molecule has 6 heteroatoms. The molecule has 0 saturated carbocycles. The Morgan fingerprint density at radius 1 is 1.15 bits per heavy atom. The second kappa shape index (κ2) is 5.23. The Morgan fingerprint density at radius 3 is 2.31 bits per heavy atom. The molecule has 0 radical (unpaired) electrons. The minimum absolute atomic E-state index is 0.0636. The summed E-state index contributed by atoms with van der Waals surface area (Å²) < 4.78 is 2.95. The molecular formula is C7H6Br4N2. The molecule has 2 nitrogen and oxygen atoms in total. The van der Waals surface area contributed by atoms with E-state index in [1.165, 1.54) is 0 Å². The van der Waals surface area contributed by atoms with E-state index in [4.69, 9.17) is 5.84 Å². The van der Waals surface area contributed by atoms with Crippen molar-refractivity contribution in [2.24, 2.45) is 5.84 Å². The Bertz CT molecular complexity index is 316. The fourth-order valence-corrected chi connectivity index (χ4v) is 3.05. The number of hydrazine groups is 1. The van der Waals surface area contributed by atoms with Gasteiger partial charge >= 0.3 is 0 Å². The van der Waals surface area contributed by atoms with Gasteiger partial charge in [0.15, 0.2) is 0 Å². The summed E-state index contributed by atoms with van der Waals surface area (Å²) in [6.45, 7) is 0. The smallest absolute Gasteiger partial charge is 0.102 e. The number of benzene rings is 1. The maximum absolute atomic E-state index is 5.32. The van der Waals surface area contributed by atoms with Crippen molar-refractivity contribution in [3.8, 4) is 0 Å². The van der Waals surface area contributed by atoms with Gasteiger partial charge in [0.05, 0.1) is 0 Å². The standard InChI is InChI=1S/C7H6Br4N2/c8-4-2-1-3(7(11)13-12)5(9)6(4)10/h1-2,7,13H,12H2. The Kier molecular flexibility index (Phi) is 4.88. The number of alkyl halides is 1. The maximum atomic E-state index is 5.32. The normalized spacial score (nSPS) is 13.0. The molecule has 0 aliphatic heterocycles. The van der Waals surface area contributed by atoms with Gasteiger partial charge in [0.2, 0.25) is 0 Å². The molecule has 0 aliphatic rings. The number of hydrogen-bond donors (Lipinski definition) is 2. The van der Waals surface area contributed by atoms with Crippen molar-refractivity contribution in [2.75, 3.05) is 0 Å². The zero-order chi connectivity index (χ0) is 10.0. The number of hydrogen-bond acceptors (Lipinski definition) is 2. The minimum atomic E-state index is -0.0636. The third kappa shape index (κ3) is 2.76. The fourth-order valence-electron chi connectivity index (χ4n) is 0.826. The van der Waals surface area contributed by atoms with Crippen molar-refractivity contribution in [1.82, 2.24) is 5.43 Å². The second-order valence-electron chi connectivity index (χ2n) is 2.29. The maximum Gasteiger partial charge on any atom is 0.102 e. The van der Waals surface area contributed by atoms with E-state index in [-0.39, 0.29) is 4.95 Å².